The second-order valence-corrected chi connectivity index (χ2v) is 8.16. The predicted octanol–water partition coefficient (Wildman–Crippen LogP) is 2.11. The SMILES string of the molecule is C=CCNS(=O)(=O)c1cc(C(=O)OCC(=O)N(C)Cc2ccccc2OC)ccc1F. The Hall–Kier alpha value is -3.24. The number of ether oxygens (including phenoxy) is 2. The van der Waals surface area contributed by atoms with Crippen LogP contribution >= 0.6 is 0 Å². The van der Waals surface area contributed by atoms with Crippen molar-refractivity contribution in [1.29, 1.82) is 0 Å². The Kier molecular flexibility index (Phi) is 8.29. The second kappa shape index (κ2) is 10.7. The first kappa shape index (κ1) is 24.0. The van der Waals surface area contributed by atoms with Gasteiger partial charge >= 0.3 is 5.97 Å². The fourth-order valence-corrected chi connectivity index (χ4v) is 3.68. The maximum absolute atomic E-state index is 14.0. The summed E-state index contributed by atoms with van der Waals surface area (Å²) in [6.07, 6.45) is 1.29. The van der Waals surface area contributed by atoms with Gasteiger partial charge in [0.2, 0.25) is 10.0 Å². The number of methoxy groups -OCH3 is 1. The molecule has 0 fully saturated rings. The van der Waals surface area contributed by atoms with E-state index >= 15 is 0 Å². The molecule has 0 spiro atoms. The first-order valence-electron chi connectivity index (χ1n) is 9.12. The summed E-state index contributed by atoms with van der Waals surface area (Å²) < 4.78 is 50.6. The summed E-state index contributed by atoms with van der Waals surface area (Å²) in [6, 6.07) is 9.94. The summed E-state index contributed by atoms with van der Waals surface area (Å²) in [5.74, 6) is -1.86. The second-order valence-electron chi connectivity index (χ2n) is 6.42. The van der Waals surface area contributed by atoms with Crippen LogP contribution < -0.4 is 9.46 Å². The average Bonchev–Trinajstić information content (AvgIpc) is 2.76. The number of hydrogen-bond donors (Lipinski definition) is 1. The van der Waals surface area contributed by atoms with Gasteiger partial charge in [-0.25, -0.2) is 22.3 Å². The zero-order valence-corrected chi connectivity index (χ0v) is 17.9. The van der Waals surface area contributed by atoms with Gasteiger partial charge in [-0.05, 0) is 24.3 Å². The normalized spacial score (nSPS) is 10.9. The lowest BCUT2D eigenvalue weighted by Gasteiger charge is -2.18. The molecule has 0 aromatic heterocycles. The molecule has 0 heterocycles. The molecule has 2 aromatic carbocycles. The van der Waals surface area contributed by atoms with Gasteiger partial charge in [0.05, 0.1) is 12.7 Å². The van der Waals surface area contributed by atoms with Crippen molar-refractivity contribution in [1.82, 2.24) is 9.62 Å². The lowest BCUT2D eigenvalue weighted by molar-refractivity contribution is -0.133. The minimum absolute atomic E-state index is 0.108. The Morgan fingerprint density at radius 3 is 2.61 bits per heavy atom. The monoisotopic (exact) mass is 450 g/mol. The zero-order chi connectivity index (χ0) is 23.0. The van der Waals surface area contributed by atoms with Gasteiger partial charge in [0.1, 0.15) is 16.5 Å². The molecule has 0 aliphatic heterocycles. The number of nitrogens with zero attached hydrogens (tertiary/aromatic N) is 1. The smallest absolute Gasteiger partial charge is 0.338 e. The van der Waals surface area contributed by atoms with E-state index in [0.717, 1.165) is 23.8 Å². The van der Waals surface area contributed by atoms with E-state index in [1.807, 2.05) is 0 Å². The summed E-state index contributed by atoms with van der Waals surface area (Å²) in [5, 5.41) is 0. The molecule has 1 N–H and O–H groups in total. The van der Waals surface area contributed by atoms with E-state index in [4.69, 9.17) is 9.47 Å². The molecule has 0 saturated carbocycles. The molecule has 0 aliphatic rings. The lowest BCUT2D eigenvalue weighted by atomic mass is 10.2. The van der Waals surface area contributed by atoms with Crippen LogP contribution in [0.1, 0.15) is 15.9 Å². The molecule has 8 nitrogen and oxygen atoms in total. The molecule has 0 unspecified atom stereocenters. The molecular formula is C21H23FN2O6S. The van der Waals surface area contributed by atoms with Crippen molar-refractivity contribution < 1.29 is 31.9 Å². The van der Waals surface area contributed by atoms with E-state index in [1.165, 1.54) is 25.1 Å². The van der Waals surface area contributed by atoms with E-state index in [2.05, 4.69) is 11.3 Å². The number of rotatable bonds is 10. The van der Waals surface area contributed by atoms with E-state index in [1.54, 1.807) is 24.3 Å². The molecule has 31 heavy (non-hydrogen) atoms. The third kappa shape index (κ3) is 6.37. The molecule has 1 amide bonds. The molecule has 0 bridgehead atoms. The standard InChI is InChI=1S/C21H23FN2O6S/c1-4-11-23-31(27,28)19-12-15(9-10-17(19)22)21(26)30-14-20(25)24(2)13-16-7-5-6-8-18(16)29-3/h4-10,12,23H,1,11,13-14H2,2-3H3. The Morgan fingerprint density at radius 2 is 1.94 bits per heavy atom. The number of amides is 1. The van der Waals surface area contributed by atoms with Crippen LogP contribution in [0.4, 0.5) is 4.39 Å². The fourth-order valence-electron chi connectivity index (χ4n) is 2.58. The number of esters is 1. The van der Waals surface area contributed by atoms with Crippen molar-refractivity contribution in [3.63, 3.8) is 0 Å². The maximum atomic E-state index is 14.0. The molecule has 0 atom stereocenters. The van der Waals surface area contributed by atoms with Crippen LogP contribution in [-0.4, -0.2) is 52.5 Å². The van der Waals surface area contributed by atoms with E-state index in [-0.39, 0.29) is 18.7 Å². The van der Waals surface area contributed by atoms with Crippen LogP contribution in [0.3, 0.4) is 0 Å². The molecule has 0 radical (unpaired) electrons. The van der Waals surface area contributed by atoms with Gasteiger partial charge in [-0.3, -0.25) is 4.79 Å². The molecule has 2 aromatic rings. The van der Waals surface area contributed by atoms with Gasteiger partial charge in [-0.2, -0.15) is 0 Å². The highest BCUT2D eigenvalue weighted by Crippen LogP contribution is 2.19. The summed E-state index contributed by atoms with van der Waals surface area (Å²) in [4.78, 5) is 25.2. The number of benzene rings is 2. The third-order valence-electron chi connectivity index (χ3n) is 4.23. The van der Waals surface area contributed by atoms with Crippen LogP contribution in [0.15, 0.2) is 60.0 Å². The van der Waals surface area contributed by atoms with Gasteiger partial charge in [-0.15, -0.1) is 6.58 Å². The molecule has 2 rings (SSSR count). The highest BCUT2D eigenvalue weighted by atomic mass is 32.2. The summed E-state index contributed by atoms with van der Waals surface area (Å²) in [6.45, 7) is 2.93. The van der Waals surface area contributed by atoms with Crippen molar-refractivity contribution in [2.45, 2.75) is 11.4 Å². The maximum Gasteiger partial charge on any atom is 0.338 e. The number of hydrogen-bond acceptors (Lipinski definition) is 6. The molecule has 0 aliphatic carbocycles. The number of para-hydroxylation sites is 1. The van der Waals surface area contributed by atoms with E-state index in [0.29, 0.717) is 5.75 Å². The van der Waals surface area contributed by atoms with Gasteiger partial charge in [0, 0.05) is 25.7 Å². The van der Waals surface area contributed by atoms with Gasteiger partial charge < -0.3 is 14.4 Å². The number of likely N-dealkylation sites (N-methyl/N-ethyl adjacent to an activating group) is 1. The van der Waals surface area contributed by atoms with Crippen LogP contribution in [0.2, 0.25) is 0 Å². The Balaban J connectivity index is 2.04. The van der Waals surface area contributed by atoms with Crippen molar-refractivity contribution in [3.8, 4) is 5.75 Å². The van der Waals surface area contributed by atoms with Gasteiger partial charge in [-0.1, -0.05) is 24.3 Å². The van der Waals surface area contributed by atoms with E-state index in [9.17, 15) is 22.4 Å². The quantitative estimate of drug-likeness (QED) is 0.439. The number of nitrogens with one attached hydrogen (secondary N) is 1. The fraction of sp³-hybridized carbons (Fsp3) is 0.238. The van der Waals surface area contributed by atoms with Crippen LogP contribution in [0, 0.1) is 5.82 Å². The van der Waals surface area contributed by atoms with Crippen molar-refractivity contribution in [2.75, 3.05) is 27.3 Å². The number of carbonyl (C=O) groups excluding carboxylic acids is 2. The highest BCUT2D eigenvalue weighted by Gasteiger charge is 2.22. The molecular weight excluding hydrogens is 427 g/mol. The number of carbonyl (C=O) groups is 2. The van der Waals surface area contributed by atoms with Gasteiger partial charge in [0.25, 0.3) is 5.91 Å². The van der Waals surface area contributed by atoms with Crippen LogP contribution in [-0.2, 0) is 26.1 Å². The topological polar surface area (TPSA) is 102 Å². The van der Waals surface area contributed by atoms with Crippen LogP contribution in [0.5, 0.6) is 5.75 Å². The number of halogens is 1. The van der Waals surface area contributed by atoms with E-state index < -0.39 is 39.2 Å². The largest absolute Gasteiger partial charge is 0.496 e. The molecule has 10 heteroatoms. The van der Waals surface area contributed by atoms with Crippen molar-refractivity contribution >= 4 is 21.9 Å². The molecule has 0 saturated heterocycles. The molecule has 166 valence electrons. The summed E-state index contributed by atoms with van der Waals surface area (Å²) in [5.41, 5.74) is 0.563. The third-order valence-corrected chi connectivity index (χ3v) is 5.67. The van der Waals surface area contributed by atoms with Crippen LogP contribution in [0.25, 0.3) is 0 Å². The Bertz CT molecular complexity index is 1070. The Morgan fingerprint density at radius 1 is 1.23 bits per heavy atom. The first-order chi connectivity index (χ1) is 14.7. The van der Waals surface area contributed by atoms with Crippen molar-refractivity contribution in [2.24, 2.45) is 0 Å². The zero-order valence-electron chi connectivity index (χ0n) is 17.1. The predicted molar refractivity (Wildman–Crippen MR) is 112 cm³/mol. The highest BCUT2D eigenvalue weighted by molar-refractivity contribution is 7.89. The lowest BCUT2D eigenvalue weighted by Crippen LogP contribution is -2.31. The summed E-state index contributed by atoms with van der Waals surface area (Å²) in [7, 11) is -1.13. The minimum Gasteiger partial charge on any atom is -0.496 e. The minimum atomic E-state index is -4.19. The number of sulfonamides is 1. The summed E-state index contributed by atoms with van der Waals surface area (Å²) >= 11 is 0. The first-order valence-corrected chi connectivity index (χ1v) is 10.6. The Labute approximate surface area is 180 Å². The van der Waals surface area contributed by atoms with Gasteiger partial charge in [0.15, 0.2) is 6.61 Å². The van der Waals surface area contributed by atoms with Crippen molar-refractivity contribution in [3.05, 3.63) is 72.1 Å². The average molecular weight is 450 g/mol.